The number of para-hydroxylation sites is 1. The predicted octanol–water partition coefficient (Wildman–Crippen LogP) is 2.02. The zero-order valence-electron chi connectivity index (χ0n) is 12.3. The van der Waals surface area contributed by atoms with Gasteiger partial charge in [-0.25, -0.2) is 4.79 Å². The fourth-order valence-electron chi connectivity index (χ4n) is 3.09. The monoisotopic (exact) mass is 289 g/mol. The molecule has 5 nitrogen and oxygen atoms in total. The van der Waals surface area contributed by atoms with Gasteiger partial charge in [-0.05, 0) is 25.0 Å². The number of amides is 2. The molecule has 3 rings (SSSR count). The third-order valence-corrected chi connectivity index (χ3v) is 4.24. The minimum absolute atomic E-state index is 0.0250. The van der Waals surface area contributed by atoms with Crippen molar-refractivity contribution in [3.05, 3.63) is 30.3 Å². The fraction of sp³-hybridized carbons (Fsp3) is 0.562. The van der Waals surface area contributed by atoms with E-state index in [2.05, 4.69) is 10.2 Å². The second-order valence-corrected chi connectivity index (χ2v) is 5.70. The highest BCUT2D eigenvalue weighted by atomic mass is 16.5. The van der Waals surface area contributed by atoms with E-state index in [0.29, 0.717) is 6.04 Å². The molecule has 0 bridgehead atoms. The van der Waals surface area contributed by atoms with E-state index in [4.69, 9.17) is 4.74 Å². The van der Waals surface area contributed by atoms with Gasteiger partial charge in [-0.2, -0.15) is 0 Å². The third kappa shape index (κ3) is 3.74. The Hall–Kier alpha value is -1.59. The lowest BCUT2D eigenvalue weighted by atomic mass is 10.2. The van der Waals surface area contributed by atoms with Crippen LogP contribution in [0.15, 0.2) is 30.3 Å². The summed E-state index contributed by atoms with van der Waals surface area (Å²) >= 11 is 0. The molecule has 5 heteroatoms. The van der Waals surface area contributed by atoms with Gasteiger partial charge < -0.3 is 15.0 Å². The molecule has 2 fully saturated rings. The molecule has 2 heterocycles. The number of carbonyl (C=O) groups excluding carboxylic acids is 1. The Balaban J connectivity index is 1.56. The Morgan fingerprint density at radius 3 is 2.71 bits per heavy atom. The first-order chi connectivity index (χ1) is 10.3. The summed E-state index contributed by atoms with van der Waals surface area (Å²) in [6.45, 7) is 5.39. The maximum atomic E-state index is 12.4. The van der Waals surface area contributed by atoms with Crippen molar-refractivity contribution in [3.63, 3.8) is 0 Å². The second-order valence-electron chi connectivity index (χ2n) is 5.70. The number of benzene rings is 1. The van der Waals surface area contributed by atoms with Crippen LogP contribution < -0.4 is 5.32 Å². The van der Waals surface area contributed by atoms with Crippen LogP contribution in [0.4, 0.5) is 10.5 Å². The Bertz CT molecular complexity index is 460. The van der Waals surface area contributed by atoms with Crippen molar-refractivity contribution >= 4 is 11.7 Å². The molecule has 2 aliphatic heterocycles. The first-order valence-corrected chi connectivity index (χ1v) is 7.76. The zero-order valence-corrected chi connectivity index (χ0v) is 12.3. The van der Waals surface area contributed by atoms with E-state index in [-0.39, 0.29) is 6.03 Å². The van der Waals surface area contributed by atoms with Gasteiger partial charge in [0.15, 0.2) is 0 Å². The number of likely N-dealkylation sites (tertiary alicyclic amines) is 1. The van der Waals surface area contributed by atoms with E-state index < -0.39 is 0 Å². The minimum Gasteiger partial charge on any atom is -0.379 e. The number of hydrogen-bond donors (Lipinski definition) is 1. The number of rotatable bonds is 3. The largest absolute Gasteiger partial charge is 0.379 e. The first-order valence-electron chi connectivity index (χ1n) is 7.76. The average molecular weight is 289 g/mol. The van der Waals surface area contributed by atoms with Crippen molar-refractivity contribution in [2.75, 3.05) is 44.7 Å². The quantitative estimate of drug-likeness (QED) is 0.926. The molecule has 1 atom stereocenters. The molecule has 0 saturated carbocycles. The number of hydrogen-bond acceptors (Lipinski definition) is 3. The summed E-state index contributed by atoms with van der Waals surface area (Å²) in [5.74, 6) is 0. The van der Waals surface area contributed by atoms with E-state index in [1.165, 1.54) is 0 Å². The lowest BCUT2D eigenvalue weighted by molar-refractivity contribution is 0.0296. The molecule has 1 aromatic carbocycles. The standard InChI is InChI=1S/C16H23N3O2/c20-16(17-14-5-2-1-3-6-14)19-8-4-7-15(19)13-18-9-11-21-12-10-18/h1-3,5-6,15H,4,7-13H2,(H,17,20)/t15-/m0/s1. The van der Waals surface area contributed by atoms with Crippen molar-refractivity contribution in [1.82, 2.24) is 9.80 Å². The maximum Gasteiger partial charge on any atom is 0.322 e. The van der Waals surface area contributed by atoms with Crippen molar-refractivity contribution in [2.45, 2.75) is 18.9 Å². The van der Waals surface area contributed by atoms with E-state index in [0.717, 1.165) is 57.9 Å². The molecule has 2 amide bonds. The highest BCUT2D eigenvalue weighted by molar-refractivity contribution is 5.89. The molecule has 2 saturated heterocycles. The molecule has 114 valence electrons. The smallest absolute Gasteiger partial charge is 0.322 e. The van der Waals surface area contributed by atoms with Crippen LogP contribution in [0.5, 0.6) is 0 Å². The van der Waals surface area contributed by atoms with E-state index in [1.54, 1.807) is 0 Å². The summed E-state index contributed by atoms with van der Waals surface area (Å²) < 4.78 is 5.38. The summed E-state index contributed by atoms with van der Waals surface area (Å²) in [5, 5.41) is 2.99. The predicted molar refractivity (Wildman–Crippen MR) is 82.4 cm³/mol. The molecule has 21 heavy (non-hydrogen) atoms. The van der Waals surface area contributed by atoms with Crippen molar-refractivity contribution in [1.29, 1.82) is 0 Å². The molecule has 0 spiro atoms. The molecule has 2 aliphatic rings. The van der Waals surface area contributed by atoms with Crippen molar-refractivity contribution < 1.29 is 9.53 Å². The Morgan fingerprint density at radius 1 is 1.19 bits per heavy atom. The summed E-state index contributed by atoms with van der Waals surface area (Å²) in [6, 6.07) is 10.0. The molecular formula is C16H23N3O2. The maximum absolute atomic E-state index is 12.4. The summed E-state index contributed by atoms with van der Waals surface area (Å²) in [5.41, 5.74) is 0.861. The lowest BCUT2D eigenvalue weighted by Gasteiger charge is -2.32. The number of nitrogens with zero attached hydrogens (tertiary/aromatic N) is 2. The van der Waals surface area contributed by atoms with Crippen molar-refractivity contribution in [2.24, 2.45) is 0 Å². The summed E-state index contributed by atoms with van der Waals surface area (Å²) in [4.78, 5) is 16.8. The average Bonchev–Trinajstić information content (AvgIpc) is 2.97. The van der Waals surface area contributed by atoms with Gasteiger partial charge in [-0.3, -0.25) is 4.90 Å². The Labute approximate surface area is 125 Å². The van der Waals surface area contributed by atoms with Crippen LogP contribution in [0.2, 0.25) is 0 Å². The number of anilines is 1. The van der Waals surface area contributed by atoms with Gasteiger partial charge in [0.25, 0.3) is 0 Å². The number of nitrogens with one attached hydrogen (secondary N) is 1. The van der Waals surface area contributed by atoms with Crippen LogP contribution in [0.3, 0.4) is 0 Å². The molecule has 1 aromatic rings. The van der Waals surface area contributed by atoms with Crippen LogP contribution >= 0.6 is 0 Å². The number of carbonyl (C=O) groups is 1. The highest BCUT2D eigenvalue weighted by Crippen LogP contribution is 2.20. The fourth-order valence-corrected chi connectivity index (χ4v) is 3.09. The molecule has 1 N–H and O–H groups in total. The van der Waals surface area contributed by atoms with Crippen LogP contribution in [-0.4, -0.2) is 61.3 Å². The van der Waals surface area contributed by atoms with Gasteiger partial charge in [0.1, 0.15) is 0 Å². The SMILES string of the molecule is O=C(Nc1ccccc1)N1CCC[C@H]1CN1CCOCC1. The van der Waals surface area contributed by atoms with Gasteiger partial charge in [0.2, 0.25) is 0 Å². The van der Waals surface area contributed by atoms with Gasteiger partial charge in [0, 0.05) is 37.9 Å². The zero-order chi connectivity index (χ0) is 14.5. The van der Waals surface area contributed by atoms with E-state index in [9.17, 15) is 4.79 Å². The van der Waals surface area contributed by atoms with E-state index >= 15 is 0 Å². The molecule has 0 aliphatic carbocycles. The lowest BCUT2D eigenvalue weighted by Crippen LogP contribution is -2.47. The van der Waals surface area contributed by atoms with Gasteiger partial charge >= 0.3 is 6.03 Å². The van der Waals surface area contributed by atoms with Crippen LogP contribution in [0.1, 0.15) is 12.8 Å². The summed E-state index contributed by atoms with van der Waals surface area (Å²) in [7, 11) is 0. The van der Waals surface area contributed by atoms with E-state index in [1.807, 2.05) is 35.2 Å². The first kappa shape index (κ1) is 14.4. The van der Waals surface area contributed by atoms with Gasteiger partial charge in [0.05, 0.1) is 13.2 Å². The number of morpholine rings is 1. The van der Waals surface area contributed by atoms with Crippen LogP contribution in [0.25, 0.3) is 0 Å². The van der Waals surface area contributed by atoms with Crippen LogP contribution in [-0.2, 0) is 4.74 Å². The summed E-state index contributed by atoms with van der Waals surface area (Å²) in [6.07, 6.45) is 2.19. The second kappa shape index (κ2) is 6.91. The number of ether oxygens (including phenoxy) is 1. The van der Waals surface area contributed by atoms with Crippen LogP contribution in [0, 0.1) is 0 Å². The Kier molecular flexibility index (Phi) is 4.72. The Morgan fingerprint density at radius 2 is 1.95 bits per heavy atom. The molecule has 0 aromatic heterocycles. The van der Waals surface area contributed by atoms with Gasteiger partial charge in [-0.15, -0.1) is 0 Å². The minimum atomic E-state index is 0.0250. The van der Waals surface area contributed by atoms with Gasteiger partial charge in [-0.1, -0.05) is 18.2 Å². The molecule has 0 unspecified atom stereocenters. The topological polar surface area (TPSA) is 44.8 Å². The highest BCUT2D eigenvalue weighted by Gasteiger charge is 2.30. The third-order valence-electron chi connectivity index (χ3n) is 4.24. The molecule has 0 radical (unpaired) electrons. The number of urea groups is 1. The van der Waals surface area contributed by atoms with Crippen molar-refractivity contribution in [3.8, 4) is 0 Å². The molecular weight excluding hydrogens is 266 g/mol. The normalized spacial score (nSPS) is 23.2.